The predicted octanol–water partition coefficient (Wildman–Crippen LogP) is 2.69. The van der Waals surface area contributed by atoms with Crippen LogP contribution in [0.4, 0.5) is 0 Å². The van der Waals surface area contributed by atoms with Crippen LogP contribution in [-0.4, -0.2) is 42.5 Å². The summed E-state index contributed by atoms with van der Waals surface area (Å²) in [6.45, 7) is 10.3. The molecule has 2 atom stereocenters. The van der Waals surface area contributed by atoms with Gasteiger partial charge in [-0.3, -0.25) is 9.59 Å². The first-order chi connectivity index (χ1) is 11.7. The number of nitrogens with zero attached hydrogens (tertiary/aromatic N) is 1. The van der Waals surface area contributed by atoms with Crippen LogP contribution in [0.2, 0.25) is 0 Å². The van der Waals surface area contributed by atoms with Crippen molar-refractivity contribution in [3.05, 3.63) is 35.4 Å². The van der Waals surface area contributed by atoms with E-state index < -0.39 is 12.1 Å². The molecule has 1 N–H and O–H groups in total. The molecule has 0 spiro atoms. The standard InChI is InChI=1S/C20H30N2O3/c1-12(2)17(13(3)4)21-20(24)19-18(22(6)16(23)11-25-19)15-10-8-7-9-14(15)5/h7-10,12-13,17-19H,11H2,1-6H3,(H,21,24)/t18-,19+/m1/s1. The second kappa shape index (κ2) is 8.00. The number of likely N-dealkylation sites (N-methyl/N-ethyl adjacent to an activating group) is 1. The van der Waals surface area contributed by atoms with Crippen molar-refractivity contribution >= 4 is 11.8 Å². The average molecular weight is 346 g/mol. The molecule has 0 bridgehead atoms. The fraction of sp³-hybridized carbons (Fsp3) is 0.600. The molecular formula is C20H30N2O3. The molecule has 1 fully saturated rings. The smallest absolute Gasteiger partial charge is 0.251 e. The van der Waals surface area contributed by atoms with Crippen LogP contribution in [0.1, 0.15) is 44.9 Å². The van der Waals surface area contributed by atoms with Gasteiger partial charge in [0.2, 0.25) is 5.91 Å². The monoisotopic (exact) mass is 346 g/mol. The summed E-state index contributed by atoms with van der Waals surface area (Å²) in [5, 5.41) is 3.14. The maximum atomic E-state index is 13.0. The lowest BCUT2D eigenvalue weighted by Crippen LogP contribution is -2.55. The largest absolute Gasteiger partial charge is 0.356 e. The molecule has 0 radical (unpaired) electrons. The third-order valence-corrected chi connectivity index (χ3v) is 4.99. The Hall–Kier alpha value is -1.88. The summed E-state index contributed by atoms with van der Waals surface area (Å²) in [7, 11) is 1.74. The highest BCUT2D eigenvalue weighted by atomic mass is 16.5. The summed E-state index contributed by atoms with van der Waals surface area (Å²) >= 11 is 0. The van der Waals surface area contributed by atoms with Gasteiger partial charge in [-0.2, -0.15) is 0 Å². The molecule has 0 aliphatic carbocycles. The van der Waals surface area contributed by atoms with Gasteiger partial charge in [-0.15, -0.1) is 0 Å². The minimum Gasteiger partial charge on any atom is -0.356 e. The fourth-order valence-corrected chi connectivity index (χ4v) is 3.57. The number of aryl methyl sites for hydroxylation is 1. The first kappa shape index (κ1) is 19.4. The molecule has 25 heavy (non-hydrogen) atoms. The quantitative estimate of drug-likeness (QED) is 0.892. The van der Waals surface area contributed by atoms with E-state index in [1.807, 2.05) is 31.2 Å². The Kier molecular flexibility index (Phi) is 6.22. The normalized spacial score (nSPS) is 21.3. The Morgan fingerprint density at radius 3 is 2.36 bits per heavy atom. The van der Waals surface area contributed by atoms with Gasteiger partial charge >= 0.3 is 0 Å². The fourth-order valence-electron chi connectivity index (χ4n) is 3.57. The summed E-state index contributed by atoms with van der Waals surface area (Å²) in [6.07, 6.45) is -0.705. The van der Waals surface area contributed by atoms with Crippen molar-refractivity contribution in [2.24, 2.45) is 11.8 Å². The van der Waals surface area contributed by atoms with Crippen molar-refractivity contribution in [3.63, 3.8) is 0 Å². The number of amides is 2. The molecule has 1 saturated heterocycles. The molecule has 1 aromatic carbocycles. The lowest BCUT2D eigenvalue weighted by Gasteiger charge is -2.40. The zero-order valence-corrected chi connectivity index (χ0v) is 16.1. The molecule has 5 heteroatoms. The van der Waals surface area contributed by atoms with E-state index in [9.17, 15) is 9.59 Å². The lowest BCUT2D eigenvalue weighted by molar-refractivity contribution is -0.162. The number of nitrogens with one attached hydrogen (secondary N) is 1. The third kappa shape index (κ3) is 4.21. The van der Waals surface area contributed by atoms with Crippen molar-refractivity contribution in [3.8, 4) is 0 Å². The SMILES string of the molecule is Cc1ccccc1[C@@H]1[C@@H](C(=O)NC(C(C)C)C(C)C)OCC(=O)N1C. The number of rotatable bonds is 5. The lowest BCUT2D eigenvalue weighted by atomic mass is 9.91. The van der Waals surface area contributed by atoms with Gasteiger partial charge in [0.15, 0.2) is 6.10 Å². The van der Waals surface area contributed by atoms with Crippen molar-refractivity contribution in [2.75, 3.05) is 13.7 Å². The van der Waals surface area contributed by atoms with Crippen molar-refractivity contribution in [1.29, 1.82) is 0 Å². The van der Waals surface area contributed by atoms with Gasteiger partial charge in [0.1, 0.15) is 6.61 Å². The predicted molar refractivity (Wildman–Crippen MR) is 98.0 cm³/mol. The molecule has 1 aliphatic rings. The highest BCUT2D eigenvalue weighted by Gasteiger charge is 2.41. The molecular weight excluding hydrogens is 316 g/mol. The van der Waals surface area contributed by atoms with E-state index in [0.717, 1.165) is 11.1 Å². The van der Waals surface area contributed by atoms with Gasteiger partial charge in [0, 0.05) is 13.1 Å². The first-order valence-electron chi connectivity index (χ1n) is 8.97. The number of ether oxygens (including phenoxy) is 1. The van der Waals surface area contributed by atoms with Crippen molar-refractivity contribution in [2.45, 2.75) is 52.8 Å². The second-order valence-corrected chi connectivity index (χ2v) is 7.56. The van der Waals surface area contributed by atoms with Crippen LogP contribution < -0.4 is 5.32 Å². The molecule has 2 rings (SSSR count). The molecule has 1 aromatic rings. The van der Waals surface area contributed by atoms with E-state index in [4.69, 9.17) is 4.74 Å². The average Bonchev–Trinajstić information content (AvgIpc) is 2.55. The molecule has 0 unspecified atom stereocenters. The Bertz CT molecular complexity index is 619. The zero-order chi connectivity index (χ0) is 18.7. The van der Waals surface area contributed by atoms with Crippen molar-refractivity contribution in [1.82, 2.24) is 10.2 Å². The minimum atomic E-state index is -0.705. The summed E-state index contributed by atoms with van der Waals surface area (Å²) < 4.78 is 5.70. The Balaban J connectivity index is 2.31. The van der Waals surface area contributed by atoms with Crippen LogP contribution in [-0.2, 0) is 14.3 Å². The Morgan fingerprint density at radius 1 is 1.20 bits per heavy atom. The number of carbonyl (C=O) groups is 2. The highest BCUT2D eigenvalue weighted by molar-refractivity contribution is 5.86. The van der Waals surface area contributed by atoms with Gasteiger partial charge in [-0.25, -0.2) is 0 Å². The molecule has 1 aliphatic heterocycles. The van der Waals surface area contributed by atoms with Gasteiger partial charge in [-0.1, -0.05) is 52.0 Å². The summed E-state index contributed by atoms with van der Waals surface area (Å²) in [6, 6.07) is 7.48. The van der Waals surface area contributed by atoms with Crippen LogP contribution >= 0.6 is 0 Å². The van der Waals surface area contributed by atoms with Crippen LogP contribution in [0, 0.1) is 18.8 Å². The topological polar surface area (TPSA) is 58.6 Å². The number of carbonyl (C=O) groups excluding carboxylic acids is 2. The van der Waals surface area contributed by atoms with Crippen LogP contribution in [0.5, 0.6) is 0 Å². The summed E-state index contributed by atoms with van der Waals surface area (Å²) in [4.78, 5) is 26.8. The van der Waals surface area contributed by atoms with Gasteiger partial charge in [0.25, 0.3) is 5.91 Å². The zero-order valence-electron chi connectivity index (χ0n) is 16.1. The first-order valence-corrected chi connectivity index (χ1v) is 8.97. The summed E-state index contributed by atoms with van der Waals surface area (Å²) in [5.74, 6) is 0.384. The van der Waals surface area contributed by atoms with Gasteiger partial charge in [0.05, 0.1) is 6.04 Å². The van der Waals surface area contributed by atoms with Crippen LogP contribution in [0.3, 0.4) is 0 Å². The minimum absolute atomic E-state index is 0.0645. The second-order valence-electron chi connectivity index (χ2n) is 7.56. The van der Waals surface area contributed by atoms with E-state index in [1.165, 1.54) is 0 Å². The number of morpholine rings is 1. The van der Waals surface area contributed by atoms with Gasteiger partial charge in [-0.05, 0) is 29.9 Å². The molecule has 0 saturated carbocycles. The molecule has 138 valence electrons. The molecule has 1 heterocycles. The number of hydrogen-bond acceptors (Lipinski definition) is 3. The maximum absolute atomic E-state index is 13.0. The number of benzene rings is 1. The molecule has 2 amide bonds. The van der Waals surface area contributed by atoms with Crippen LogP contribution in [0.15, 0.2) is 24.3 Å². The summed E-state index contributed by atoms with van der Waals surface area (Å²) in [5.41, 5.74) is 1.99. The van der Waals surface area contributed by atoms with Crippen molar-refractivity contribution < 1.29 is 14.3 Å². The van der Waals surface area contributed by atoms with Gasteiger partial charge < -0.3 is 15.0 Å². The number of hydrogen-bond donors (Lipinski definition) is 1. The molecule has 0 aromatic heterocycles. The molecule has 5 nitrogen and oxygen atoms in total. The van der Waals surface area contributed by atoms with E-state index >= 15 is 0 Å². The third-order valence-electron chi connectivity index (χ3n) is 4.99. The van der Waals surface area contributed by atoms with E-state index in [0.29, 0.717) is 11.8 Å². The Labute approximate surface area is 150 Å². The Morgan fingerprint density at radius 2 is 1.80 bits per heavy atom. The highest BCUT2D eigenvalue weighted by Crippen LogP contribution is 2.31. The maximum Gasteiger partial charge on any atom is 0.251 e. The van der Waals surface area contributed by atoms with E-state index in [1.54, 1.807) is 11.9 Å². The van der Waals surface area contributed by atoms with E-state index in [2.05, 4.69) is 33.0 Å². The van der Waals surface area contributed by atoms with E-state index in [-0.39, 0.29) is 24.5 Å². The van der Waals surface area contributed by atoms with Crippen LogP contribution in [0.25, 0.3) is 0 Å².